The molecule has 5 nitrogen and oxygen atoms in total. The molecule has 1 aromatic rings. The number of benzene rings is 1. The third kappa shape index (κ3) is 5.55. The molecule has 1 heterocycles. The molecule has 1 aliphatic heterocycles. The highest BCUT2D eigenvalue weighted by Gasteiger charge is 2.28. The molecule has 2 rings (SSSR count). The van der Waals surface area contributed by atoms with Gasteiger partial charge < -0.3 is 16.0 Å². The average molecular weight is 329 g/mol. The number of rotatable bonds is 4. The minimum atomic E-state index is -4.45. The Morgan fingerprint density at radius 2 is 1.74 bits per heavy atom. The summed E-state index contributed by atoms with van der Waals surface area (Å²) in [4.78, 5) is 23.6. The lowest BCUT2D eigenvalue weighted by molar-refractivity contribution is -0.123. The molecule has 3 N–H and O–H groups in total. The monoisotopic (exact) mass is 329 g/mol. The molecule has 0 bridgehead atoms. The normalized spacial score (nSPS) is 16.0. The first-order chi connectivity index (χ1) is 10.8. The number of anilines is 1. The number of alkyl halides is 3. The molecule has 0 spiro atoms. The molecule has 0 atom stereocenters. The summed E-state index contributed by atoms with van der Waals surface area (Å²) in [6.45, 7) is 0.229. The fourth-order valence-corrected chi connectivity index (χ4v) is 2.32. The van der Waals surface area contributed by atoms with Crippen LogP contribution in [0, 0.1) is 5.92 Å². The number of piperidine rings is 1. The summed E-state index contributed by atoms with van der Waals surface area (Å²) >= 11 is 0. The van der Waals surface area contributed by atoms with Gasteiger partial charge in [-0.25, -0.2) is 0 Å². The average Bonchev–Trinajstić information content (AvgIpc) is 2.53. The largest absolute Gasteiger partial charge is 0.405 e. The van der Waals surface area contributed by atoms with Crippen molar-refractivity contribution in [1.29, 1.82) is 0 Å². The molecule has 0 radical (unpaired) electrons. The van der Waals surface area contributed by atoms with Gasteiger partial charge in [-0.2, -0.15) is 13.2 Å². The molecule has 2 amide bonds. The second-order valence-corrected chi connectivity index (χ2v) is 5.39. The van der Waals surface area contributed by atoms with Gasteiger partial charge in [0.05, 0.1) is 0 Å². The number of hydrogen-bond donors (Lipinski definition) is 3. The molecule has 0 aliphatic carbocycles. The second kappa shape index (κ2) is 7.45. The van der Waals surface area contributed by atoms with Crippen molar-refractivity contribution in [2.24, 2.45) is 5.92 Å². The Morgan fingerprint density at radius 1 is 1.13 bits per heavy atom. The van der Waals surface area contributed by atoms with Gasteiger partial charge in [0.1, 0.15) is 6.54 Å². The second-order valence-electron chi connectivity index (χ2n) is 5.39. The number of amides is 2. The van der Waals surface area contributed by atoms with E-state index < -0.39 is 18.6 Å². The van der Waals surface area contributed by atoms with E-state index in [9.17, 15) is 22.8 Å². The molecule has 0 aromatic heterocycles. The van der Waals surface area contributed by atoms with Crippen LogP contribution in [-0.4, -0.2) is 37.6 Å². The van der Waals surface area contributed by atoms with Crippen molar-refractivity contribution in [3.8, 4) is 0 Å². The summed E-state index contributed by atoms with van der Waals surface area (Å²) in [7, 11) is 0. The van der Waals surface area contributed by atoms with E-state index in [2.05, 4.69) is 10.6 Å². The number of nitrogens with one attached hydrogen (secondary N) is 3. The molecule has 1 aromatic carbocycles. The minimum Gasteiger partial charge on any atom is -0.343 e. The first kappa shape index (κ1) is 17.3. The number of carbonyl (C=O) groups is 2. The standard InChI is InChI=1S/C15H18F3N3O2/c16-15(17,18)9-20-13(22)10-1-3-12(4-2-10)21-14(23)11-5-7-19-8-6-11/h1-4,11,19H,5-9H2,(H,20,22)(H,21,23). The van der Waals surface area contributed by atoms with E-state index in [0.29, 0.717) is 5.69 Å². The van der Waals surface area contributed by atoms with E-state index >= 15 is 0 Å². The summed E-state index contributed by atoms with van der Waals surface area (Å²) in [5, 5.41) is 7.72. The topological polar surface area (TPSA) is 70.2 Å². The van der Waals surface area contributed by atoms with E-state index in [1.807, 2.05) is 0 Å². The van der Waals surface area contributed by atoms with Gasteiger partial charge >= 0.3 is 6.18 Å². The van der Waals surface area contributed by atoms with Crippen LogP contribution in [0.15, 0.2) is 24.3 Å². The predicted octanol–water partition coefficient (Wildman–Crippen LogP) is 1.92. The van der Waals surface area contributed by atoms with Crippen LogP contribution in [0.2, 0.25) is 0 Å². The van der Waals surface area contributed by atoms with Crippen LogP contribution in [-0.2, 0) is 4.79 Å². The summed E-state index contributed by atoms with van der Waals surface area (Å²) in [6.07, 6.45) is -2.91. The van der Waals surface area contributed by atoms with Crippen LogP contribution in [0.25, 0.3) is 0 Å². The van der Waals surface area contributed by atoms with Gasteiger partial charge in [-0.15, -0.1) is 0 Å². The lowest BCUT2D eigenvalue weighted by atomic mass is 9.97. The van der Waals surface area contributed by atoms with Crippen molar-refractivity contribution in [2.75, 3.05) is 25.0 Å². The van der Waals surface area contributed by atoms with E-state index in [4.69, 9.17) is 0 Å². The van der Waals surface area contributed by atoms with Gasteiger partial charge in [0.2, 0.25) is 5.91 Å². The Morgan fingerprint density at radius 3 is 2.30 bits per heavy atom. The maximum absolute atomic E-state index is 12.1. The number of hydrogen-bond acceptors (Lipinski definition) is 3. The third-order valence-corrected chi connectivity index (χ3v) is 3.57. The molecule has 0 saturated carbocycles. The lowest BCUT2D eigenvalue weighted by Crippen LogP contribution is -2.34. The Kier molecular flexibility index (Phi) is 5.59. The molecule has 1 aliphatic rings. The molecule has 0 unspecified atom stereocenters. The predicted molar refractivity (Wildman–Crippen MR) is 79.1 cm³/mol. The van der Waals surface area contributed by atoms with E-state index in [1.54, 1.807) is 5.32 Å². The molecule has 126 valence electrons. The lowest BCUT2D eigenvalue weighted by Gasteiger charge is -2.21. The third-order valence-electron chi connectivity index (χ3n) is 3.57. The highest BCUT2D eigenvalue weighted by Crippen LogP contribution is 2.17. The fourth-order valence-electron chi connectivity index (χ4n) is 2.32. The quantitative estimate of drug-likeness (QED) is 0.790. The molecule has 8 heteroatoms. The van der Waals surface area contributed by atoms with Crippen molar-refractivity contribution in [3.05, 3.63) is 29.8 Å². The van der Waals surface area contributed by atoms with Crippen LogP contribution in [0.3, 0.4) is 0 Å². The Balaban J connectivity index is 1.88. The van der Waals surface area contributed by atoms with Gasteiger partial charge in [0, 0.05) is 17.2 Å². The Hall–Kier alpha value is -2.09. The van der Waals surface area contributed by atoms with Crippen LogP contribution < -0.4 is 16.0 Å². The Bertz CT molecular complexity index is 552. The van der Waals surface area contributed by atoms with Crippen molar-refractivity contribution in [2.45, 2.75) is 19.0 Å². The van der Waals surface area contributed by atoms with Gasteiger partial charge in [0.25, 0.3) is 5.91 Å². The fraction of sp³-hybridized carbons (Fsp3) is 0.467. The maximum atomic E-state index is 12.1. The molecular formula is C15H18F3N3O2. The van der Waals surface area contributed by atoms with Crippen LogP contribution in [0.1, 0.15) is 23.2 Å². The minimum absolute atomic E-state index is 0.0500. The smallest absolute Gasteiger partial charge is 0.343 e. The van der Waals surface area contributed by atoms with Crippen LogP contribution >= 0.6 is 0 Å². The Labute approximate surface area is 131 Å². The number of carbonyl (C=O) groups excluding carboxylic acids is 2. The molecule has 1 fully saturated rings. The van der Waals surface area contributed by atoms with E-state index in [-0.39, 0.29) is 17.4 Å². The maximum Gasteiger partial charge on any atom is 0.405 e. The van der Waals surface area contributed by atoms with E-state index in [1.165, 1.54) is 24.3 Å². The number of halogens is 3. The van der Waals surface area contributed by atoms with Gasteiger partial charge in [0.15, 0.2) is 0 Å². The van der Waals surface area contributed by atoms with Gasteiger partial charge in [-0.1, -0.05) is 0 Å². The zero-order valence-electron chi connectivity index (χ0n) is 12.4. The zero-order chi connectivity index (χ0) is 16.9. The molecule has 23 heavy (non-hydrogen) atoms. The van der Waals surface area contributed by atoms with Crippen LogP contribution in [0.5, 0.6) is 0 Å². The SMILES string of the molecule is O=C(NCC(F)(F)F)c1ccc(NC(=O)C2CCNCC2)cc1. The first-order valence-electron chi connectivity index (χ1n) is 7.32. The van der Waals surface area contributed by atoms with Crippen molar-refractivity contribution in [1.82, 2.24) is 10.6 Å². The van der Waals surface area contributed by atoms with Gasteiger partial charge in [-0.3, -0.25) is 9.59 Å². The van der Waals surface area contributed by atoms with E-state index in [0.717, 1.165) is 25.9 Å². The highest BCUT2D eigenvalue weighted by atomic mass is 19.4. The molecular weight excluding hydrogens is 311 g/mol. The first-order valence-corrected chi connectivity index (χ1v) is 7.32. The van der Waals surface area contributed by atoms with Crippen LogP contribution in [0.4, 0.5) is 18.9 Å². The highest BCUT2D eigenvalue weighted by molar-refractivity contribution is 5.96. The summed E-state index contributed by atoms with van der Waals surface area (Å²) in [5.41, 5.74) is 0.620. The zero-order valence-corrected chi connectivity index (χ0v) is 12.4. The van der Waals surface area contributed by atoms with Crippen molar-refractivity contribution >= 4 is 17.5 Å². The summed E-state index contributed by atoms with van der Waals surface area (Å²) in [6, 6.07) is 5.76. The summed E-state index contributed by atoms with van der Waals surface area (Å²) < 4.78 is 36.1. The summed E-state index contributed by atoms with van der Waals surface area (Å²) in [5.74, 6) is -0.939. The van der Waals surface area contributed by atoms with Crippen molar-refractivity contribution < 1.29 is 22.8 Å². The van der Waals surface area contributed by atoms with Gasteiger partial charge in [-0.05, 0) is 50.2 Å². The molecule has 1 saturated heterocycles. The van der Waals surface area contributed by atoms with Crippen molar-refractivity contribution in [3.63, 3.8) is 0 Å².